The predicted octanol–water partition coefficient (Wildman–Crippen LogP) is 2.27. The van der Waals surface area contributed by atoms with Gasteiger partial charge in [-0.15, -0.1) is 0 Å². The van der Waals surface area contributed by atoms with Crippen LogP contribution < -0.4 is 5.73 Å². The van der Waals surface area contributed by atoms with Gasteiger partial charge >= 0.3 is 0 Å². The molecule has 0 saturated carbocycles. The fourth-order valence-corrected chi connectivity index (χ4v) is 4.57. The van der Waals surface area contributed by atoms with E-state index in [1.54, 1.807) is 0 Å². The highest BCUT2D eigenvalue weighted by molar-refractivity contribution is 7.89. The maximum atomic E-state index is 13.6. The maximum Gasteiger partial charge on any atom is 0.243 e. The summed E-state index contributed by atoms with van der Waals surface area (Å²) in [7, 11) is -3.66. The maximum absolute atomic E-state index is 13.6. The molecule has 0 bridgehead atoms. The van der Waals surface area contributed by atoms with Crippen molar-refractivity contribution in [2.75, 3.05) is 6.54 Å². The van der Waals surface area contributed by atoms with E-state index in [4.69, 9.17) is 18.0 Å². The molecule has 2 unspecified atom stereocenters. The summed E-state index contributed by atoms with van der Waals surface area (Å²) in [6, 6.07) is 3.50. The fraction of sp³-hybridized carbons (Fsp3) is 0.500. The summed E-state index contributed by atoms with van der Waals surface area (Å²) in [4.78, 5) is -0.113. The van der Waals surface area contributed by atoms with Crippen molar-refractivity contribution in [1.82, 2.24) is 4.31 Å². The Hall–Kier alpha value is -1.05. The van der Waals surface area contributed by atoms with Crippen LogP contribution in [0.1, 0.15) is 32.3 Å². The van der Waals surface area contributed by atoms with Crippen LogP contribution in [0.5, 0.6) is 0 Å². The highest BCUT2D eigenvalue weighted by atomic mass is 32.2. The first kappa shape index (κ1) is 16.3. The summed E-state index contributed by atoms with van der Waals surface area (Å²) in [5.74, 6) is -0.103. The number of nitrogens with zero attached hydrogens (tertiary/aromatic N) is 1. The molecule has 2 rings (SSSR count). The molecular formula is C14H19FN2O2S2. The van der Waals surface area contributed by atoms with Crippen molar-refractivity contribution < 1.29 is 12.8 Å². The first-order valence-electron chi connectivity index (χ1n) is 6.84. The van der Waals surface area contributed by atoms with E-state index in [2.05, 4.69) is 6.92 Å². The average Bonchev–Trinajstić information content (AvgIpc) is 2.38. The third-order valence-electron chi connectivity index (χ3n) is 3.89. The predicted molar refractivity (Wildman–Crippen MR) is 84.0 cm³/mol. The molecule has 1 saturated heterocycles. The number of sulfonamides is 1. The van der Waals surface area contributed by atoms with Gasteiger partial charge in [-0.3, -0.25) is 0 Å². The summed E-state index contributed by atoms with van der Waals surface area (Å²) >= 11 is 4.76. The number of hydrogen-bond acceptors (Lipinski definition) is 3. The van der Waals surface area contributed by atoms with Gasteiger partial charge in [-0.1, -0.05) is 19.1 Å². The Kier molecular flexibility index (Phi) is 4.65. The summed E-state index contributed by atoms with van der Waals surface area (Å²) in [6.07, 6.45) is 1.65. The fourth-order valence-electron chi connectivity index (χ4n) is 2.73. The summed E-state index contributed by atoms with van der Waals surface area (Å²) < 4.78 is 40.5. The molecule has 1 aliphatic heterocycles. The van der Waals surface area contributed by atoms with Crippen LogP contribution in [0.3, 0.4) is 0 Å². The molecule has 2 N–H and O–H groups in total. The molecule has 1 aromatic rings. The number of hydrogen-bond donors (Lipinski definition) is 1. The van der Waals surface area contributed by atoms with Gasteiger partial charge < -0.3 is 5.73 Å². The number of benzene rings is 1. The van der Waals surface area contributed by atoms with Crippen LogP contribution >= 0.6 is 12.2 Å². The van der Waals surface area contributed by atoms with Crippen LogP contribution in [0.2, 0.25) is 0 Å². The number of thiocarbonyl (C=S) groups is 1. The largest absolute Gasteiger partial charge is 0.389 e. The molecule has 1 fully saturated rings. The van der Waals surface area contributed by atoms with Gasteiger partial charge in [-0.05, 0) is 43.9 Å². The number of piperidine rings is 1. The Bertz CT molecular complexity index is 661. The molecule has 1 aliphatic rings. The summed E-state index contributed by atoms with van der Waals surface area (Å²) in [5.41, 5.74) is 5.40. The van der Waals surface area contributed by atoms with E-state index in [9.17, 15) is 12.8 Å². The third kappa shape index (κ3) is 3.25. The second-order valence-corrected chi connectivity index (χ2v) is 7.93. The molecular weight excluding hydrogens is 311 g/mol. The minimum Gasteiger partial charge on any atom is -0.389 e. The van der Waals surface area contributed by atoms with Crippen molar-refractivity contribution in [3.05, 3.63) is 29.6 Å². The Morgan fingerprint density at radius 1 is 1.43 bits per heavy atom. The number of rotatable bonds is 3. The van der Waals surface area contributed by atoms with Crippen LogP contribution in [-0.4, -0.2) is 30.3 Å². The van der Waals surface area contributed by atoms with Crippen LogP contribution in [0, 0.1) is 11.7 Å². The molecule has 2 atom stereocenters. The average molecular weight is 330 g/mol. The smallest absolute Gasteiger partial charge is 0.243 e. The number of halogens is 1. The van der Waals surface area contributed by atoms with Gasteiger partial charge in [0, 0.05) is 18.2 Å². The summed E-state index contributed by atoms with van der Waals surface area (Å²) in [6.45, 7) is 4.49. The lowest BCUT2D eigenvalue weighted by atomic mass is 9.95. The molecule has 4 nitrogen and oxygen atoms in total. The quantitative estimate of drug-likeness (QED) is 0.864. The van der Waals surface area contributed by atoms with Gasteiger partial charge in [0.15, 0.2) is 0 Å². The molecule has 0 amide bonds. The zero-order valence-corrected chi connectivity index (χ0v) is 13.7. The lowest BCUT2D eigenvalue weighted by molar-refractivity contribution is 0.220. The lowest BCUT2D eigenvalue weighted by Gasteiger charge is -2.35. The Morgan fingerprint density at radius 2 is 2.10 bits per heavy atom. The van der Waals surface area contributed by atoms with Crippen molar-refractivity contribution in [3.63, 3.8) is 0 Å². The zero-order chi connectivity index (χ0) is 15.8. The second-order valence-electron chi connectivity index (χ2n) is 5.60. The first-order valence-corrected chi connectivity index (χ1v) is 8.69. The van der Waals surface area contributed by atoms with Crippen molar-refractivity contribution in [1.29, 1.82) is 0 Å². The molecule has 0 spiro atoms. The van der Waals surface area contributed by atoms with E-state index in [1.807, 2.05) is 6.92 Å². The van der Waals surface area contributed by atoms with Gasteiger partial charge in [0.1, 0.15) is 10.8 Å². The first-order chi connectivity index (χ1) is 9.73. The minimum atomic E-state index is -3.66. The monoisotopic (exact) mass is 330 g/mol. The van der Waals surface area contributed by atoms with E-state index in [-0.39, 0.29) is 21.5 Å². The Morgan fingerprint density at radius 3 is 2.67 bits per heavy atom. The topological polar surface area (TPSA) is 63.4 Å². The van der Waals surface area contributed by atoms with E-state index in [0.29, 0.717) is 12.5 Å². The van der Waals surface area contributed by atoms with Gasteiger partial charge in [0.25, 0.3) is 0 Å². The van der Waals surface area contributed by atoms with Gasteiger partial charge in [0.05, 0.1) is 4.90 Å². The van der Waals surface area contributed by atoms with E-state index >= 15 is 0 Å². The van der Waals surface area contributed by atoms with Crippen LogP contribution in [0.25, 0.3) is 0 Å². The molecule has 1 aromatic carbocycles. The van der Waals surface area contributed by atoms with Crippen LogP contribution in [-0.2, 0) is 10.0 Å². The van der Waals surface area contributed by atoms with E-state index in [1.165, 1.54) is 16.4 Å². The van der Waals surface area contributed by atoms with Gasteiger partial charge in [-0.25, -0.2) is 12.8 Å². The second kappa shape index (κ2) is 5.98. The lowest BCUT2D eigenvalue weighted by Crippen LogP contribution is -2.44. The van der Waals surface area contributed by atoms with Crippen molar-refractivity contribution in [3.8, 4) is 0 Å². The van der Waals surface area contributed by atoms with Gasteiger partial charge in [-0.2, -0.15) is 4.31 Å². The molecule has 1 heterocycles. The van der Waals surface area contributed by atoms with Gasteiger partial charge in [0.2, 0.25) is 10.0 Å². The Balaban J connectivity index is 2.40. The molecule has 0 aromatic heterocycles. The number of nitrogens with two attached hydrogens (primary N) is 1. The van der Waals surface area contributed by atoms with E-state index in [0.717, 1.165) is 18.9 Å². The molecule has 0 aliphatic carbocycles. The SMILES string of the molecule is CC1CCN(S(=O)(=O)c2ccc(F)c(C(N)=S)c2)C(C)C1. The molecule has 116 valence electrons. The van der Waals surface area contributed by atoms with Crippen LogP contribution in [0.4, 0.5) is 4.39 Å². The third-order valence-corrected chi connectivity index (χ3v) is 6.12. The summed E-state index contributed by atoms with van der Waals surface area (Å²) in [5, 5.41) is 0. The molecule has 0 radical (unpaired) electrons. The van der Waals surface area contributed by atoms with E-state index < -0.39 is 15.8 Å². The van der Waals surface area contributed by atoms with Crippen molar-refractivity contribution in [2.45, 2.75) is 37.6 Å². The Labute approximate surface area is 130 Å². The zero-order valence-electron chi connectivity index (χ0n) is 12.0. The minimum absolute atomic E-state index is 0.0353. The normalized spacial score (nSPS) is 24.0. The molecule has 7 heteroatoms. The standard InChI is InChI=1S/C14H19FN2O2S2/c1-9-5-6-17(10(2)7-9)21(18,19)11-3-4-13(15)12(8-11)14(16)20/h3-4,8-10H,5-7H2,1-2H3,(H2,16,20). The van der Waals surface area contributed by atoms with Crippen molar-refractivity contribution in [2.24, 2.45) is 11.7 Å². The highest BCUT2D eigenvalue weighted by Gasteiger charge is 2.33. The van der Waals surface area contributed by atoms with Crippen molar-refractivity contribution >= 4 is 27.2 Å². The van der Waals surface area contributed by atoms with Crippen LogP contribution in [0.15, 0.2) is 23.1 Å². The molecule has 21 heavy (non-hydrogen) atoms. The highest BCUT2D eigenvalue weighted by Crippen LogP contribution is 2.28.